The normalized spacial score (nSPS) is 21.3. The molecule has 2 aliphatic heterocycles. The Labute approximate surface area is 199 Å². The summed E-state index contributed by atoms with van der Waals surface area (Å²) < 4.78 is 34.7. The van der Waals surface area contributed by atoms with E-state index in [2.05, 4.69) is 35.7 Å². The van der Waals surface area contributed by atoms with E-state index in [0.29, 0.717) is 36.0 Å². The zero-order valence-electron chi connectivity index (χ0n) is 20.4. The Morgan fingerprint density at radius 1 is 1.21 bits per heavy atom. The largest absolute Gasteiger partial charge is 0.489 e. The zero-order valence-corrected chi connectivity index (χ0v) is 20.4. The second kappa shape index (κ2) is 9.70. The third kappa shape index (κ3) is 4.15. The monoisotopic (exact) mass is 470 g/mol. The first kappa shape index (κ1) is 24.1. The van der Waals surface area contributed by atoms with E-state index in [1.807, 2.05) is 13.0 Å². The maximum Gasteiger partial charge on any atom is 0.214 e. The molecule has 1 saturated heterocycles. The molecule has 0 aromatic heterocycles. The SMILES string of the molecule is CCc1cc(C(=NC)N2C[C@@H](C)N(C)C[C@@H]2C)c2c(c1-c1ccc(F)cc1F)OCCN2C=O. The average Bonchev–Trinajstić information content (AvgIpc) is 2.82. The van der Waals surface area contributed by atoms with Crippen molar-refractivity contribution in [2.24, 2.45) is 4.99 Å². The average molecular weight is 471 g/mol. The number of rotatable bonds is 4. The van der Waals surface area contributed by atoms with Gasteiger partial charge in [-0.1, -0.05) is 6.92 Å². The van der Waals surface area contributed by atoms with E-state index in [9.17, 15) is 13.6 Å². The van der Waals surface area contributed by atoms with Crippen LogP contribution in [0.4, 0.5) is 14.5 Å². The fraction of sp³-hybridized carbons (Fsp3) is 0.462. The Hall–Kier alpha value is -3.00. The van der Waals surface area contributed by atoms with Crippen LogP contribution < -0.4 is 9.64 Å². The van der Waals surface area contributed by atoms with Gasteiger partial charge in [0.25, 0.3) is 0 Å². The Bertz CT molecular complexity index is 1120. The van der Waals surface area contributed by atoms with Gasteiger partial charge in [0.05, 0.1) is 12.2 Å². The number of fused-ring (bicyclic) bond motifs is 1. The maximum atomic E-state index is 14.9. The third-order valence-electron chi connectivity index (χ3n) is 6.93. The molecule has 4 rings (SSSR count). The molecule has 34 heavy (non-hydrogen) atoms. The van der Waals surface area contributed by atoms with Gasteiger partial charge in [-0.15, -0.1) is 0 Å². The molecular formula is C26H32F2N4O2. The first-order valence-corrected chi connectivity index (χ1v) is 11.7. The van der Waals surface area contributed by atoms with Gasteiger partial charge < -0.3 is 14.5 Å². The van der Waals surface area contributed by atoms with E-state index in [1.54, 1.807) is 11.9 Å². The molecule has 6 nitrogen and oxygen atoms in total. The van der Waals surface area contributed by atoms with Crippen LogP contribution in [-0.2, 0) is 11.2 Å². The molecule has 0 spiro atoms. The lowest BCUT2D eigenvalue weighted by atomic mass is 9.91. The van der Waals surface area contributed by atoms with Crippen LogP contribution in [0.25, 0.3) is 11.1 Å². The van der Waals surface area contributed by atoms with Gasteiger partial charge in [0.15, 0.2) is 5.75 Å². The number of amides is 1. The summed E-state index contributed by atoms with van der Waals surface area (Å²) in [6.45, 7) is 8.67. The predicted octanol–water partition coefficient (Wildman–Crippen LogP) is 3.95. The Kier molecular flexibility index (Phi) is 6.89. The Morgan fingerprint density at radius 3 is 2.62 bits per heavy atom. The number of piperazine rings is 1. The number of halogens is 2. The van der Waals surface area contributed by atoms with E-state index >= 15 is 0 Å². The number of carbonyl (C=O) groups excluding carboxylic acids is 1. The number of hydrogen-bond acceptors (Lipinski definition) is 4. The van der Waals surface area contributed by atoms with Crippen molar-refractivity contribution in [2.75, 3.05) is 45.2 Å². The first-order valence-electron chi connectivity index (χ1n) is 11.7. The van der Waals surface area contributed by atoms with Crippen LogP contribution in [0.3, 0.4) is 0 Å². The lowest BCUT2D eigenvalue weighted by molar-refractivity contribution is -0.107. The minimum absolute atomic E-state index is 0.212. The van der Waals surface area contributed by atoms with Crippen molar-refractivity contribution in [1.82, 2.24) is 9.80 Å². The van der Waals surface area contributed by atoms with Crippen molar-refractivity contribution in [3.05, 3.63) is 47.0 Å². The van der Waals surface area contributed by atoms with Crippen molar-refractivity contribution in [2.45, 2.75) is 39.3 Å². The number of ether oxygens (including phenoxy) is 1. The highest BCUT2D eigenvalue weighted by atomic mass is 19.1. The van der Waals surface area contributed by atoms with Gasteiger partial charge in [0.2, 0.25) is 6.41 Å². The maximum absolute atomic E-state index is 14.9. The minimum atomic E-state index is -0.664. The molecular weight excluding hydrogens is 438 g/mol. The van der Waals surface area contributed by atoms with E-state index in [1.165, 1.54) is 12.1 Å². The third-order valence-corrected chi connectivity index (χ3v) is 6.93. The highest BCUT2D eigenvalue weighted by Gasteiger charge is 2.35. The number of aryl methyl sites for hydroxylation is 1. The van der Waals surface area contributed by atoms with Crippen LogP contribution in [0.5, 0.6) is 5.75 Å². The molecule has 0 bridgehead atoms. The fourth-order valence-corrected chi connectivity index (χ4v) is 5.03. The predicted molar refractivity (Wildman–Crippen MR) is 131 cm³/mol. The summed E-state index contributed by atoms with van der Waals surface area (Å²) in [6, 6.07) is 6.08. The van der Waals surface area contributed by atoms with Crippen LogP contribution in [0.15, 0.2) is 29.3 Å². The van der Waals surface area contributed by atoms with Crippen LogP contribution in [0, 0.1) is 11.6 Å². The number of anilines is 1. The number of amidine groups is 1. The summed E-state index contributed by atoms with van der Waals surface area (Å²) in [5.74, 6) is -0.0859. The van der Waals surface area contributed by atoms with Gasteiger partial charge in [-0.3, -0.25) is 14.7 Å². The molecule has 8 heteroatoms. The number of hydrogen-bond donors (Lipinski definition) is 0. The van der Waals surface area contributed by atoms with Crippen molar-refractivity contribution < 1.29 is 18.3 Å². The molecule has 2 aromatic carbocycles. The summed E-state index contributed by atoms with van der Waals surface area (Å²) in [5, 5.41) is 0. The van der Waals surface area contributed by atoms with Gasteiger partial charge in [-0.05, 0) is 51.1 Å². The van der Waals surface area contributed by atoms with Crippen molar-refractivity contribution in [3.8, 4) is 16.9 Å². The smallest absolute Gasteiger partial charge is 0.214 e. The highest BCUT2D eigenvalue weighted by molar-refractivity contribution is 6.09. The molecule has 1 fully saturated rings. The molecule has 0 aliphatic carbocycles. The number of benzene rings is 2. The van der Waals surface area contributed by atoms with E-state index < -0.39 is 11.6 Å². The van der Waals surface area contributed by atoms with Crippen LogP contribution >= 0.6 is 0 Å². The first-order chi connectivity index (χ1) is 16.3. The second-order valence-corrected chi connectivity index (χ2v) is 9.10. The molecule has 0 N–H and O–H groups in total. The number of aliphatic imine (C=N–C) groups is 1. The number of likely N-dealkylation sites (N-methyl/N-ethyl adjacent to an activating group) is 1. The molecule has 2 atom stereocenters. The lowest BCUT2D eigenvalue weighted by Gasteiger charge is -2.44. The van der Waals surface area contributed by atoms with Gasteiger partial charge in [-0.25, -0.2) is 8.78 Å². The summed E-state index contributed by atoms with van der Waals surface area (Å²) in [7, 11) is 3.87. The van der Waals surface area contributed by atoms with Gasteiger partial charge in [0, 0.05) is 55.0 Å². The number of nitrogens with zero attached hydrogens (tertiary/aromatic N) is 4. The molecule has 0 unspecified atom stereocenters. The fourth-order valence-electron chi connectivity index (χ4n) is 5.03. The van der Waals surface area contributed by atoms with Crippen molar-refractivity contribution in [3.63, 3.8) is 0 Å². The standard InChI is InChI=1S/C26H32F2N4O2/c1-6-18-11-21(26(29-4)32-14-16(2)30(5)13-17(32)3)24-25(34-10-9-31(24)15-33)23(18)20-8-7-19(27)12-22(20)28/h7-8,11-12,15-17H,6,9-10,13-14H2,1-5H3/t16-,17+/m1/s1. The number of carbonyl (C=O) groups is 1. The summed E-state index contributed by atoms with van der Waals surface area (Å²) in [6.07, 6.45) is 1.38. The summed E-state index contributed by atoms with van der Waals surface area (Å²) in [5.41, 5.74) is 3.03. The van der Waals surface area contributed by atoms with E-state index in [-0.39, 0.29) is 18.2 Å². The van der Waals surface area contributed by atoms with Gasteiger partial charge in [0.1, 0.15) is 24.1 Å². The van der Waals surface area contributed by atoms with E-state index in [4.69, 9.17) is 4.74 Å². The topological polar surface area (TPSA) is 48.4 Å². The van der Waals surface area contributed by atoms with Gasteiger partial charge >= 0.3 is 0 Å². The molecule has 2 aromatic rings. The quantitative estimate of drug-likeness (QED) is 0.386. The Morgan fingerprint density at radius 2 is 1.97 bits per heavy atom. The van der Waals surface area contributed by atoms with Crippen LogP contribution in [0.1, 0.15) is 31.9 Å². The molecule has 2 heterocycles. The molecule has 0 saturated carbocycles. The van der Waals surface area contributed by atoms with Gasteiger partial charge in [-0.2, -0.15) is 0 Å². The highest BCUT2D eigenvalue weighted by Crippen LogP contribution is 2.46. The molecule has 2 aliphatic rings. The zero-order chi connectivity index (χ0) is 24.6. The summed E-state index contributed by atoms with van der Waals surface area (Å²) in [4.78, 5) is 23.0. The molecule has 1 amide bonds. The second-order valence-electron chi connectivity index (χ2n) is 9.10. The molecule has 182 valence electrons. The Balaban J connectivity index is 1.96. The summed E-state index contributed by atoms with van der Waals surface area (Å²) >= 11 is 0. The van der Waals surface area contributed by atoms with Crippen LogP contribution in [0.2, 0.25) is 0 Å². The van der Waals surface area contributed by atoms with Crippen molar-refractivity contribution >= 4 is 17.9 Å². The van der Waals surface area contributed by atoms with Crippen molar-refractivity contribution in [1.29, 1.82) is 0 Å². The molecule has 0 radical (unpaired) electrons. The van der Waals surface area contributed by atoms with Crippen LogP contribution in [-0.4, -0.2) is 74.5 Å². The van der Waals surface area contributed by atoms with E-state index in [0.717, 1.165) is 42.5 Å². The minimum Gasteiger partial charge on any atom is -0.489 e. The lowest BCUT2D eigenvalue weighted by Crippen LogP contribution is -2.57.